The molecule has 0 saturated heterocycles. The Morgan fingerprint density at radius 3 is 2.53 bits per heavy atom. The summed E-state index contributed by atoms with van der Waals surface area (Å²) in [6.45, 7) is 0.391. The fourth-order valence-electron chi connectivity index (χ4n) is 1.31. The SMILES string of the molecule is O=Cc1ccc(OCc2ccc(O)cc2)cn1. The molecule has 4 nitrogen and oxygen atoms in total. The minimum atomic E-state index is 0.228. The Hall–Kier alpha value is -2.36. The summed E-state index contributed by atoms with van der Waals surface area (Å²) >= 11 is 0. The summed E-state index contributed by atoms with van der Waals surface area (Å²) in [5.74, 6) is 0.828. The van der Waals surface area contributed by atoms with Crippen molar-refractivity contribution >= 4 is 6.29 Å². The van der Waals surface area contributed by atoms with Gasteiger partial charge in [0, 0.05) is 0 Å². The number of benzene rings is 1. The van der Waals surface area contributed by atoms with E-state index in [1.807, 2.05) is 0 Å². The topological polar surface area (TPSA) is 59.4 Å². The molecule has 86 valence electrons. The lowest BCUT2D eigenvalue weighted by Crippen LogP contribution is -1.96. The zero-order chi connectivity index (χ0) is 12.1. The maximum atomic E-state index is 10.4. The highest BCUT2D eigenvalue weighted by atomic mass is 16.5. The average Bonchev–Trinajstić information content (AvgIpc) is 2.39. The molecular weight excluding hydrogens is 218 g/mol. The molecule has 0 aliphatic rings. The highest BCUT2D eigenvalue weighted by Gasteiger charge is 1.97. The largest absolute Gasteiger partial charge is 0.508 e. The lowest BCUT2D eigenvalue weighted by Gasteiger charge is -2.05. The molecule has 2 aromatic rings. The smallest absolute Gasteiger partial charge is 0.168 e. The van der Waals surface area contributed by atoms with E-state index in [1.165, 1.54) is 6.20 Å². The van der Waals surface area contributed by atoms with Crippen LogP contribution in [0.3, 0.4) is 0 Å². The van der Waals surface area contributed by atoms with Gasteiger partial charge in [0.25, 0.3) is 0 Å². The highest BCUT2D eigenvalue weighted by Crippen LogP contribution is 2.13. The Kier molecular flexibility index (Phi) is 3.35. The Bertz CT molecular complexity index is 491. The van der Waals surface area contributed by atoms with E-state index in [-0.39, 0.29) is 5.75 Å². The zero-order valence-electron chi connectivity index (χ0n) is 9.04. The van der Waals surface area contributed by atoms with Gasteiger partial charge in [-0.1, -0.05) is 12.1 Å². The number of carbonyl (C=O) groups excluding carboxylic acids is 1. The van der Waals surface area contributed by atoms with Crippen molar-refractivity contribution in [2.75, 3.05) is 0 Å². The molecule has 0 atom stereocenters. The average molecular weight is 229 g/mol. The van der Waals surface area contributed by atoms with Gasteiger partial charge in [-0.05, 0) is 29.8 Å². The van der Waals surface area contributed by atoms with Crippen molar-refractivity contribution in [2.45, 2.75) is 6.61 Å². The molecule has 0 fully saturated rings. The Balaban J connectivity index is 1.97. The number of rotatable bonds is 4. The highest BCUT2D eigenvalue weighted by molar-refractivity contribution is 5.71. The van der Waals surface area contributed by atoms with Crippen LogP contribution in [0.25, 0.3) is 0 Å². The normalized spacial score (nSPS) is 9.88. The van der Waals surface area contributed by atoms with Gasteiger partial charge in [0.05, 0.1) is 6.20 Å². The summed E-state index contributed by atoms with van der Waals surface area (Å²) < 4.78 is 5.47. The van der Waals surface area contributed by atoms with Crippen molar-refractivity contribution in [1.29, 1.82) is 0 Å². The summed E-state index contributed by atoms with van der Waals surface area (Å²) in [6.07, 6.45) is 2.19. The van der Waals surface area contributed by atoms with Crippen LogP contribution in [-0.2, 0) is 6.61 Å². The van der Waals surface area contributed by atoms with Gasteiger partial charge in [-0.3, -0.25) is 4.79 Å². The maximum absolute atomic E-state index is 10.4. The van der Waals surface area contributed by atoms with Gasteiger partial charge in [-0.15, -0.1) is 0 Å². The molecule has 0 amide bonds. The quantitative estimate of drug-likeness (QED) is 0.816. The lowest BCUT2D eigenvalue weighted by molar-refractivity contribution is 0.111. The second-order valence-corrected chi connectivity index (χ2v) is 3.49. The van der Waals surface area contributed by atoms with Gasteiger partial charge >= 0.3 is 0 Å². The number of carbonyl (C=O) groups is 1. The molecule has 0 spiro atoms. The van der Waals surface area contributed by atoms with E-state index in [9.17, 15) is 4.79 Å². The molecule has 1 aromatic heterocycles. The molecule has 0 aliphatic heterocycles. The number of hydrogen-bond acceptors (Lipinski definition) is 4. The second-order valence-electron chi connectivity index (χ2n) is 3.49. The van der Waals surface area contributed by atoms with Crippen LogP contribution in [-0.4, -0.2) is 16.4 Å². The number of pyridine rings is 1. The molecular formula is C13H11NO3. The minimum Gasteiger partial charge on any atom is -0.508 e. The number of aromatic nitrogens is 1. The number of ether oxygens (including phenoxy) is 1. The molecule has 1 heterocycles. The number of hydrogen-bond donors (Lipinski definition) is 1. The van der Waals surface area contributed by atoms with Gasteiger partial charge in [0.1, 0.15) is 23.8 Å². The van der Waals surface area contributed by atoms with Crippen molar-refractivity contribution in [3.63, 3.8) is 0 Å². The van der Waals surface area contributed by atoms with Gasteiger partial charge in [0.2, 0.25) is 0 Å². The summed E-state index contributed by atoms with van der Waals surface area (Å²) in [4.78, 5) is 14.3. The van der Waals surface area contributed by atoms with Crippen LogP contribution >= 0.6 is 0 Å². The Labute approximate surface area is 98.5 Å². The first-order chi connectivity index (χ1) is 8.28. The van der Waals surface area contributed by atoms with E-state index < -0.39 is 0 Å². The van der Waals surface area contributed by atoms with Crippen molar-refractivity contribution in [3.05, 3.63) is 53.9 Å². The van der Waals surface area contributed by atoms with E-state index in [2.05, 4.69) is 4.98 Å². The third-order valence-electron chi connectivity index (χ3n) is 2.22. The van der Waals surface area contributed by atoms with Gasteiger partial charge < -0.3 is 9.84 Å². The van der Waals surface area contributed by atoms with E-state index in [0.29, 0.717) is 24.3 Å². The van der Waals surface area contributed by atoms with Crippen LogP contribution in [0.2, 0.25) is 0 Å². The van der Waals surface area contributed by atoms with Gasteiger partial charge in [-0.2, -0.15) is 0 Å². The maximum Gasteiger partial charge on any atom is 0.168 e. The lowest BCUT2D eigenvalue weighted by atomic mass is 10.2. The molecule has 0 aliphatic carbocycles. The van der Waals surface area contributed by atoms with E-state index in [4.69, 9.17) is 9.84 Å². The van der Waals surface area contributed by atoms with E-state index >= 15 is 0 Å². The fourth-order valence-corrected chi connectivity index (χ4v) is 1.31. The second kappa shape index (κ2) is 5.12. The first kappa shape index (κ1) is 11.1. The van der Waals surface area contributed by atoms with Crippen molar-refractivity contribution in [2.24, 2.45) is 0 Å². The monoisotopic (exact) mass is 229 g/mol. The predicted molar refractivity (Wildman–Crippen MR) is 62.1 cm³/mol. The summed E-state index contributed by atoms with van der Waals surface area (Å²) in [6, 6.07) is 10.1. The third kappa shape index (κ3) is 3.04. The Morgan fingerprint density at radius 2 is 1.94 bits per heavy atom. The Morgan fingerprint density at radius 1 is 1.18 bits per heavy atom. The fraction of sp³-hybridized carbons (Fsp3) is 0.0769. The standard InChI is InChI=1S/C13H11NO3/c15-8-11-3-6-13(7-14-11)17-9-10-1-4-12(16)5-2-10/h1-8,16H,9H2. The first-order valence-electron chi connectivity index (χ1n) is 5.10. The molecule has 0 bridgehead atoms. The van der Waals surface area contributed by atoms with Crippen molar-refractivity contribution < 1.29 is 14.6 Å². The van der Waals surface area contributed by atoms with E-state index in [1.54, 1.807) is 36.4 Å². The third-order valence-corrected chi connectivity index (χ3v) is 2.22. The number of nitrogens with zero attached hydrogens (tertiary/aromatic N) is 1. The first-order valence-corrected chi connectivity index (χ1v) is 5.10. The van der Waals surface area contributed by atoms with Crippen molar-refractivity contribution in [3.8, 4) is 11.5 Å². The molecule has 17 heavy (non-hydrogen) atoms. The summed E-state index contributed by atoms with van der Waals surface area (Å²) in [5.41, 5.74) is 1.32. The number of aldehydes is 1. The van der Waals surface area contributed by atoms with Crippen LogP contribution in [0.15, 0.2) is 42.6 Å². The van der Waals surface area contributed by atoms with Crippen molar-refractivity contribution in [1.82, 2.24) is 4.98 Å². The summed E-state index contributed by atoms with van der Waals surface area (Å²) in [7, 11) is 0. The van der Waals surface area contributed by atoms with Crippen LogP contribution in [0.4, 0.5) is 0 Å². The number of phenolic OH excluding ortho intramolecular Hbond substituents is 1. The molecule has 4 heteroatoms. The summed E-state index contributed by atoms with van der Waals surface area (Å²) in [5, 5.41) is 9.12. The molecule has 0 saturated carbocycles. The van der Waals surface area contributed by atoms with Crippen LogP contribution in [0.5, 0.6) is 11.5 Å². The molecule has 0 radical (unpaired) electrons. The molecule has 0 unspecified atom stereocenters. The van der Waals surface area contributed by atoms with Crippen LogP contribution in [0, 0.1) is 0 Å². The molecule has 1 aromatic carbocycles. The van der Waals surface area contributed by atoms with Crippen LogP contribution in [0.1, 0.15) is 16.1 Å². The molecule has 2 rings (SSSR count). The predicted octanol–water partition coefficient (Wildman–Crippen LogP) is 2.18. The van der Waals surface area contributed by atoms with Crippen LogP contribution < -0.4 is 4.74 Å². The number of phenols is 1. The van der Waals surface area contributed by atoms with E-state index in [0.717, 1.165) is 5.56 Å². The zero-order valence-corrected chi connectivity index (χ0v) is 9.04. The minimum absolute atomic E-state index is 0.228. The van der Waals surface area contributed by atoms with Gasteiger partial charge in [0.15, 0.2) is 6.29 Å². The molecule has 1 N–H and O–H groups in total. The van der Waals surface area contributed by atoms with Gasteiger partial charge in [-0.25, -0.2) is 4.98 Å². The number of aromatic hydroxyl groups is 1.